The molecule has 142 valence electrons. The van der Waals surface area contributed by atoms with Crippen LogP contribution in [0.2, 0.25) is 0 Å². The summed E-state index contributed by atoms with van der Waals surface area (Å²) < 4.78 is 5.69. The van der Waals surface area contributed by atoms with Gasteiger partial charge in [-0.15, -0.1) is 0 Å². The van der Waals surface area contributed by atoms with E-state index in [1.54, 1.807) is 18.2 Å². The van der Waals surface area contributed by atoms with E-state index in [1.807, 2.05) is 78.9 Å². The molecule has 1 heterocycles. The zero-order valence-electron chi connectivity index (χ0n) is 15.7. The van der Waals surface area contributed by atoms with Gasteiger partial charge in [-0.2, -0.15) is 0 Å². The summed E-state index contributed by atoms with van der Waals surface area (Å²) in [4.78, 5) is 27.3. The van der Waals surface area contributed by atoms with Crippen molar-refractivity contribution in [3.05, 3.63) is 114 Å². The number of benzene rings is 3. The molecular formula is C25H19NO3. The Kier molecular flexibility index (Phi) is 5.34. The molecule has 0 aliphatic heterocycles. The van der Waals surface area contributed by atoms with Crippen LogP contribution in [0.3, 0.4) is 0 Å². The van der Waals surface area contributed by atoms with E-state index in [0.717, 1.165) is 16.5 Å². The quantitative estimate of drug-likeness (QED) is 0.440. The third-order valence-corrected chi connectivity index (χ3v) is 4.55. The summed E-state index contributed by atoms with van der Waals surface area (Å²) >= 11 is 0. The highest BCUT2D eigenvalue weighted by Gasteiger charge is 2.24. The lowest BCUT2D eigenvalue weighted by atomic mass is 10.2. The van der Waals surface area contributed by atoms with Gasteiger partial charge < -0.3 is 4.42 Å². The first-order chi connectivity index (χ1) is 14.2. The van der Waals surface area contributed by atoms with E-state index in [1.165, 1.54) is 11.0 Å². The van der Waals surface area contributed by atoms with Crippen LogP contribution in [0.1, 0.15) is 21.7 Å². The van der Waals surface area contributed by atoms with Crippen molar-refractivity contribution in [1.29, 1.82) is 0 Å². The molecule has 29 heavy (non-hydrogen) atoms. The number of carbonyl (C=O) groups is 2. The van der Waals surface area contributed by atoms with Gasteiger partial charge in [-0.05, 0) is 29.3 Å². The zero-order chi connectivity index (χ0) is 20.1. The summed E-state index contributed by atoms with van der Waals surface area (Å²) in [6, 6.07) is 28.0. The molecule has 0 N–H and O–H groups in total. The Morgan fingerprint density at radius 2 is 1.48 bits per heavy atom. The fourth-order valence-corrected chi connectivity index (χ4v) is 3.06. The van der Waals surface area contributed by atoms with Crippen LogP contribution in [0.25, 0.3) is 17.0 Å². The predicted molar refractivity (Wildman–Crippen MR) is 113 cm³/mol. The number of furan rings is 1. The highest BCUT2D eigenvalue weighted by molar-refractivity contribution is 6.09. The van der Waals surface area contributed by atoms with Crippen LogP contribution in [0, 0.1) is 0 Å². The van der Waals surface area contributed by atoms with E-state index >= 15 is 0 Å². The van der Waals surface area contributed by atoms with Gasteiger partial charge in [0.2, 0.25) is 0 Å². The molecule has 2 amide bonds. The van der Waals surface area contributed by atoms with Crippen LogP contribution in [0.15, 0.2) is 101 Å². The molecule has 0 fully saturated rings. The highest BCUT2D eigenvalue weighted by atomic mass is 16.3. The lowest BCUT2D eigenvalue weighted by molar-refractivity contribution is -0.124. The number of amides is 2. The fraction of sp³-hybridized carbons (Fsp3) is 0.0400. The number of hydrogen-bond acceptors (Lipinski definition) is 3. The first-order valence-corrected chi connectivity index (χ1v) is 9.32. The van der Waals surface area contributed by atoms with Crippen molar-refractivity contribution >= 4 is 28.9 Å². The maximum absolute atomic E-state index is 13.1. The minimum atomic E-state index is -0.465. The number of imide groups is 1. The summed E-state index contributed by atoms with van der Waals surface area (Å²) in [7, 11) is 0. The molecule has 0 saturated heterocycles. The van der Waals surface area contributed by atoms with Crippen molar-refractivity contribution in [3.8, 4) is 0 Å². The maximum atomic E-state index is 13.1. The number of fused-ring (bicyclic) bond motifs is 1. The topological polar surface area (TPSA) is 50.5 Å². The Hall–Kier alpha value is -3.92. The van der Waals surface area contributed by atoms with Gasteiger partial charge in [-0.1, -0.05) is 78.9 Å². The van der Waals surface area contributed by atoms with Gasteiger partial charge >= 0.3 is 0 Å². The van der Waals surface area contributed by atoms with Gasteiger partial charge in [0, 0.05) is 11.5 Å². The zero-order valence-corrected chi connectivity index (χ0v) is 15.7. The van der Waals surface area contributed by atoms with Crippen molar-refractivity contribution in [3.63, 3.8) is 0 Å². The largest absolute Gasteiger partial charge is 0.451 e. The van der Waals surface area contributed by atoms with Crippen LogP contribution in [-0.2, 0) is 11.3 Å². The molecule has 0 aliphatic carbocycles. The standard InChI is InChI=1S/C25H19NO3/c27-24(16-15-19-9-3-1-4-10-19)26(18-20-11-5-2-6-12-20)25(28)23-17-21-13-7-8-14-22(21)29-23/h1-17H,18H2/b16-15+. The van der Waals surface area contributed by atoms with E-state index in [-0.39, 0.29) is 12.3 Å². The molecule has 1 aromatic heterocycles. The van der Waals surface area contributed by atoms with Gasteiger partial charge in [0.1, 0.15) is 5.58 Å². The number of para-hydroxylation sites is 1. The SMILES string of the molecule is O=C(/C=C/c1ccccc1)N(Cc1ccccc1)C(=O)c1cc2ccccc2o1. The Balaban J connectivity index is 1.64. The minimum Gasteiger partial charge on any atom is -0.451 e. The molecule has 4 heteroatoms. The van der Waals surface area contributed by atoms with E-state index in [9.17, 15) is 9.59 Å². The predicted octanol–water partition coefficient (Wildman–Crippen LogP) is 5.32. The van der Waals surface area contributed by atoms with Gasteiger partial charge in [0.25, 0.3) is 11.8 Å². The molecule has 0 radical (unpaired) electrons. The fourth-order valence-electron chi connectivity index (χ4n) is 3.06. The number of rotatable bonds is 5. The average molecular weight is 381 g/mol. The van der Waals surface area contributed by atoms with E-state index in [4.69, 9.17) is 4.42 Å². The van der Waals surface area contributed by atoms with Crippen molar-refractivity contribution in [2.24, 2.45) is 0 Å². The van der Waals surface area contributed by atoms with Gasteiger partial charge in [-0.25, -0.2) is 0 Å². The highest BCUT2D eigenvalue weighted by Crippen LogP contribution is 2.21. The lowest BCUT2D eigenvalue weighted by Gasteiger charge is -2.18. The second kappa shape index (κ2) is 8.40. The molecule has 4 aromatic rings. The summed E-state index contributed by atoms with van der Waals surface area (Å²) in [5.74, 6) is -0.723. The first-order valence-electron chi connectivity index (χ1n) is 9.32. The van der Waals surface area contributed by atoms with Crippen molar-refractivity contribution in [2.75, 3.05) is 0 Å². The minimum absolute atomic E-state index is 0.142. The number of hydrogen-bond donors (Lipinski definition) is 0. The molecular weight excluding hydrogens is 362 g/mol. The van der Waals surface area contributed by atoms with Crippen molar-refractivity contribution < 1.29 is 14.0 Å². The third-order valence-electron chi connectivity index (χ3n) is 4.55. The summed E-state index contributed by atoms with van der Waals surface area (Å²) in [5.41, 5.74) is 2.36. The van der Waals surface area contributed by atoms with E-state index < -0.39 is 11.8 Å². The van der Waals surface area contributed by atoms with E-state index in [2.05, 4.69) is 0 Å². The van der Waals surface area contributed by atoms with Crippen LogP contribution in [0.5, 0.6) is 0 Å². The van der Waals surface area contributed by atoms with Crippen molar-refractivity contribution in [2.45, 2.75) is 6.54 Å². The number of carbonyl (C=O) groups excluding carboxylic acids is 2. The van der Waals surface area contributed by atoms with Crippen LogP contribution in [-0.4, -0.2) is 16.7 Å². The average Bonchev–Trinajstić information content (AvgIpc) is 3.21. The Morgan fingerprint density at radius 3 is 2.21 bits per heavy atom. The lowest BCUT2D eigenvalue weighted by Crippen LogP contribution is -2.35. The third kappa shape index (κ3) is 4.33. The molecule has 0 atom stereocenters. The maximum Gasteiger partial charge on any atom is 0.296 e. The second-order valence-corrected chi connectivity index (χ2v) is 6.61. The van der Waals surface area contributed by atoms with E-state index in [0.29, 0.717) is 5.58 Å². The molecule has 0 aliphatic rings. The first kappa shape index (κ1) is 18.4. The molecule has 4 nitrogen and oxygen atoms in total. The molecule has 4 rings (SSSR count). The summed E-state index contributed by atoms with van der Waals surface area (Å²) in [5, 5.41) is 0.822. The smallest absolute Gasteiger partial charge is 0.296 e. The summed E-state index contributed by atoms with van der Waals surface area (Å²) in [6.45, 7) is 0.161. The van der Waals surface area contributed by atoms with Gasteiger partial charge in [0.05, 0.1) is 6.54 Å². The Morgan fingerprint density at radius 1 is 0.828 bits per heavy atom. The summed E-state index contributed by atoms with van der Waals surface area (Å²) in [6.07, 6.45) is 3.12. The monoisotopic (exact) mass is 381 g/mol. The second-order valence-electron chi connectivity index (χ2n) is 6.61. The number of nitrogens with zero attached hydrogens (tertiary/aromatic N) is 1. The normalized spacial score (nSPS) is 11.0. The Bertz CT molecular complexity index is 1130. The molecule has 0 unspecified atom stereocenters. The van der Waals surface area contributed by atoms with Crippen LogP contribution >= 0.6 is 0 Å². The molecule has 0 spiro atoms. The Labute approximate surface area is 168 Å². The van der Waals surface area contributed by atoms with Crippen LogP contribution < -0.4 is 0 Å². The van der Waals surface area contributed by atoms with Crippen LogP contribution in [0.4, 0.5) is 0 Å². The van der Waals surface area contributed by atoms with Gasteiger partial charge in [0.15, 0.2) is 5.76 Å². The molecule has 3 aromatic carbocycles. The van der Waals surface area contributed by atoms with Crippen molar-refractivity contribution in [1.82, 2.24) is 4.90 Å². The molecule has 0 saturated carbocycles. The molecule has 0 bridgehead atoms. The van der Waals surface area contributed by atoms with Gasteiger partial charge in [-0.3, -0.25) is 14.5 Å².